The molecule has 0 atom stereocenters. The maximum Gasteiger partial charge on any atom is 0.256 e. The number of rotatable bonds is 5. The van der Waals surface area contributed by atoms with Crippen molar-refractivity contribution in [3.8, 4) is 0 Å². The Kier molecular flexibility index (Phi) is 5.84. The first kappa shape index (κ1) is 19.3. The topological polar surface area (TPSA) is 58.2 Å². The second kappa shape index (κ2) is 8.48. The summed E-state index contributed by atoms with van der Waals surface area (Å²) in [6.07, 6.45) is 0. The van der Waals surface area contributed by atoms with Crippen LogP contribution in [0, 0.1) is 19.7 Å². The van der Waals surface area contributed by atoms with Crippen LogP contribution in [0.3, 0.4) is 0 Å². The first-order valence-corrected chi connectivity index (χ1v) is 8.94. The lowest BCUT2D eigenvalue weighted by Gasteiger charge is -2.13. The minimum atomic E-state index is -0.486. The average molecular weight is 376 g/mol. The summed E-state index contributed by atoms with van der Waals surface area (Å²) in [6, 6.07) is 18.6. The van der Waals surface area contributed by atoms with Crippen LogP contribution in [0.1, 0.15) is 37.4 Å². The molecule has 0 aliphatic rings. The van der Waals surface area contributed by atoms with Crippen LogP contribution in [0.4, 0.5) is 10.1 Å². The molecule has 0 saturated carbocycles. The van der Waals surface area contributed by atoms with Crippen LogP contribution in [0.25, 0.3) is 0 Å². The van der Waals surface area contributed by atoms with E-state index in [0.717, 1.165) is 11.1 Å². The summed E-state index contributed by atoms with van der Waals surface area (Å²) < 4.78 is 13.5. The van der Waals surface area contributed by atoms with Crippen molar-refractivity contribution in [2.45, 2.75) is 20.4 Å². The van der Waals surface area contributed by atoms with Crippen molar-refractivity contribution >= 4 is 17.5 Å². The van der Waals surface area contributed by atoms with E-state index in [4.69, 9.17) is 0 Å². The minimum absolute atomic E-state index is 0.231. The van der Waals surface area contributed by atoms with E-state index in [0.29, 0.717) is 23.4 Å². The summed E-state index contributed by atoms with van der Waals surface area (Å²) in [6.45, 7) is 4.11. The quantitative estimate of drug-likeness (QED) is 0.682. The highest BCUT2D eigenvalue weighted by molar-refractivity contribution is 6.09. The molecule has 5 heteroatoms. The molecule has 3 aromatic rings. The molecule has 2 N–H and O–H groups in total. The monoisotopic (exact) mass is 376 g/mol. The van der Waals surface area contributed by atoms with Gasteiger partial charge in [-0.15, -0.1) is 0 Å². The van der Waals surface area contributed by atoms with Gasteiger partial charge < -0.3 is 10.6 Å². The van der Waals surface area contributed by atoms with Gasteiger partial charge in [-0.25, -0.2) is 4.39 Å². The Morgan fingerprint density at radius 3 is 2.32 bits per heavy atom. The Hall–Kier alpha value is -3.47. The van der Waals surface area contributed by atoms with Crippen LogP contribution in [0.2, 0.25) is 0 Å². The van der Waals surface area contributed by atoms with Gasteiger partial charge in [0.05, 0.1) is 11.3 Å². The lowest BCUT2D eigenvalue weighted by Crippen LogP contribution is -2.25. The van der Waals surface area contributed by atoms with Gasteiger partial charge in [0.15, 0.2) is 0 Å². The van der Waals surface area contributed by atoms with E-state index in [1.54, 1.807) is 37.3 Å². The number of benzene rings is 3. The fraction of sp³-hybridized carbons (Fsp3) is 0.130. The fourth-order valence-electron chi connectivity index (χ4n) is 2.80. The summed E-state index contributed by atoms with van der Waals surface area (Å²) in [5, 5.41) is 5.57. The van der Waals surface area contributed by atoms with Crippen LogP contribution >= 0.6 is 0 Å². The van der Waals surface area contributed by atoms with Crippen molar-refractivity contribution in [2.75, 3.05) is 5.32 Å². The van der Waals surface area contributed by atoms with E-state index in [9.17, 15) is 14.0 Å². The van der Waals surface area contributed by atoms with Gasteiger partial charge in [-0.3, -0.25) is 9.59 Å². The molecule has 2 amide bonds. The number of aryl methyl sites for hydroxylation is 2. The van der Waals surface area contributed by atoms with E-state index >= 15 is 0 Å². The number of para-hydroxylation sites is 1. The molecule has 28 heavy (non-hydrogen) atoms. The number of nitrogens with one attached hydrogen (secondary N) is 2. The molecular formula is C23H21FN2O2. The number of anilines is 1. The maximum absolute atomic E-state index is 13.5. The molecule has 0 aliphatic carbocycles. The average Bonchev–Trinajstić information content (AvgIpc) is 2.69. The van der Waals surface area contributed by atoms with Gasteiger partial charge in [0.2, 0.25) is 0 Å². The number of hydrogen-bond acceptors (Lipinski definition) is 2. The first-order valence-electron chi connectivity index (χ1n) is 8.94. The van der Waals surface area contributed by atoms with E-state index < -0.39 is 11.7 Å². The van der Waals surface area contributed by atoms with Crippen LogP contribution in [-0.2, 0) is 6.54 Å². The van der Waals surface area contributed by atoms with Gasteiger partial charge in [0.25, 0.3) is 11.8 Å². The van der Waals surface area contributed by atoms with Gasteiger partial charge in [-0.2, -0.15) is 0 Å². The second-order valence-electron chi connectivity index (χ2n) is 6.63. The van der Waals surface area contributed by atoms with E-state index in [-0.39, 0.29) is 11.5 Å². The van der Waals surface area contributed by atoms with Gasteiger partial charge in [-0.1, -0.05) is 48.0 Å². The number of carbonyl (C=O) groups excluding carboxylic acids is 2. The predicted octanol–water partition coefficient (Wildman–Crippen LogP) is 4.62. The molecule has 3 aromatic carbocycles. The van der Waals surface area contributed by atoms with Crippen LogP contribution in [-0.4, -0.2) is 11.8 Å². The molecule has 3 rings (SSSR count). The number of carbonyl (C=O) groups is 2. The predicted molar refractivity (Wildman–Crippen MR) is 108 cm³/mol. The van der Waals surface area contributed by atoms with Crippen LogP contribution < -0.4 is 10.6 Å². The third-order valence-corrected chi connectivity index (χ3v) is 4.44. The summed E-state index contributed by atoms with van der Waals surface area (Å²) in [5.41, 5.74) is 3.73. The van der Waals surface area contributed by atoms with E-state index in [1.165, 1.54) is 12.1 Å². The molecular weight excluding hydrogens is 355 g/mol. The fourth-order valence-corrected chi connectivity index (χ4v) is 2.80. The third-order valence-electron chi connectivity index (χ3n) is 4.44. The zero-order chi connectivity index (χ0) is 20.1. The highest BCUT2D eigenvalue weighted by atomic mass is 19.1. The standard InChI is InChI=1S/C23H21FN2O2/c1-15-7-10-17(11-8-15)14-25-22(27)19-5-3-4-6-21(19)26-23(28)20-13-18(24)12-9-16(20)2/h3-13H,14H2,1-2H3,(H,25,27)(H,26,28). The molecule has 0 aromatic heterocycles. The molecule has 0 bridgehead atoms. The molecule has 0 saturated heterocycles. The molecule has 0 heterocycles. The van der Waals surface area contributed by atoms with Crippen molar-refractivity contribution < 1.29 is 14.0 Å². The molecule has 0 unspecified atom stereocenters. The Bertz CT molecular complexity index is 1010. The first-order chi connectivity index (χ1) is 13.4. The smallest absolute Gasteiger partial charge is 0.256 e. The lowest BCUT2D eigenvalue weighted by molar-refractivity contribution is 0.0952. The second-order valence-corrected chi connectivity index (χ2v) is 6.63. The Morgan fingerprint density at radius 1 is 0.857 bits per heavy atom. The Labute approximate surface area is 163 Å². The summed E-state index contributed by atoms with van der Waals surface area (Å²) in [4.78, 5) is 25.2. The van der Waals surface area contributed by atoms with Crippen LogP contribution in [0.15, 0.2) is 66.7 Å². The SMILES string of the molecule is Cc1ccc(CNC(=O)c2ccccc2NC(=O)c2cc(F)ccc2C)cc1. The van der Waals surface area contributed by atoms with Gasteiger partial charge >= 0.3 is 0 Å². The Balaban J connectivity index is 1.75. The molecule has 4 nitrogen and oxygen atoms in total. The van der Waals surface area contributed by atoms with Crippen molar-refractivity contribution in [1.29, 1.82) is 0 Å². The van der Waals surface area contributed by atoms with E-state index in [1.807, 2.05) is 31.2 Å². The largest absolute Gasteiger partial charge is 0.348 e. The van der Waals surface area contributed by atoms with Gasteiger partial charge in [0.1, 0.15) is 5.82 Å². The highest BCUT2D eigenvalue weighted by Crippen LogP contribution is 2.18. The zero-order valence-corrected chi connectivity index (χ0v) is 15.8. The minimum Gasteiger partial charge on any atom is -0.348 e. The van der Waals surface area contributed by atoms with E-state index in [2.05, 4.69) is 10.6 Å². The summed E-state index contributed by atoms with van der Waals surface area (Å²) in [7, 11) is 0. The van der Waals surface area contributed by atoms with Gasteiger partial charge in [0, 0.05) is 12.1 Å². The van der Waals surface area contributed by atoms with Crippen molar-refractivity contribution in [3.05, 3.63) is 100 Å². The molecule has 0 spiro atoms. The normalized spacial score (nSPS) is 10.4. The molecule has 0 radical (unpaired) electrons. The maximum atomic E-state index is 13.5. The zero-order valence-electron chi connectivity index (χ0n) is 15.8. The molecule has 142 valence electrons. The number of amides is 2. The number of hydrogen-bond donors (Lipinski definition) is 2. The third kappa shape index (κ3) is 4.62. The van der Waals surface area contributed by atoms with Crippen molar-refractivity contribution in [1.82, 2.24) is 5.32 Å². The Morgan fingerprint density at radius 2 is 1.57 bits per heavy atom. The van der Waals surface area contributed by atoms with Crippen LogP contribution in [0.5, 0.6) is 0 Å². The van der Waals surface area contributed by atoms with Crippen molar-refractivity contribution in [3.63, 3.8) is 0 Å². The molecule has 0 aliphatic heterocycles. The number of halogens is 1. The molecule has 0 fully saturated rings. The lowest BCUT2D eigenvalue weighted by atomic mass is 10.1. The highest BCUT2D eigenvalue weighted by Gasteiger charge is 2.15. The van der Waals surface area contributed by atoms with Gasteiger partial charge in [-0.05, 0) is 49.2 Å². The summed E-state index contributed by atoms with van der Waals surface area (Å²) >= 11 is 0. The van der Waals surface area contributed by atoms with Crippen molar-refractivity contribution in [2.24, 2.45) is 0 Å². The summed E-state index contributed by atoms with van der Waals surface area (Å²) in [5.74, 6) is -1.25.